The number of hydrogen-bond donors (Lipinski definition) is 1. The van der Waals surface area contributed by atoms with Gasteiger partial charge in [-0.3, -0.25) is 4.99 Å². The average Bonchev–Trinajstić information content (AvgIpc) is 2.41. The van der Waals surface area contributed by atoms with Crippen LogP contribution in [0.15, 0.2) is 59.6 Å². The van der Waals surface area contributed by atoms with Crippen molar-refractivity contribution in [1.29, 1.82) is 0 Å². The quantitative estimate of drug-likeness (QED) is 0.846. The van der Waals surface area contributed by atoms with Crippen molar-refractivity contribution in [1.82, 2.24) is 0 Å². The van der Waals surface area contributed by atoms with Crippen molar-refractivity contribution in [2.75, 3.05) is 0 Å². The molecule has 0 atom stereocenters. The van der Waals surface area contributed by atoms with Gasteiger partial charge in [-0.2, -0.15) is 0 Å². The number of benzene rings is 2. The topological polar surface area (TPSA) is 49.7 Å². The zero-order chi connectivity index (χ0) is 12.5. The van der Waals surface area contributed by atoms with Crippen LogP contribution in [0.2, 0.25) is 0 Å². The van der Waals surface area contributed by atoms with Gasteiger partial charge in [0, 0.05) is 11.8 Å². The van der Waals surface area contributed by atoms with Crippen LogP contribution in [0.25, 0.3) is 0 Å². The average molecular weight is 337 g/mol. The third-order valence-electron chi connectivity index (χ3n) is 2.05. The van der Waals surface area contributed by atoms with Crippen molar-refractivity contribution in [2.24, 2.45) is 4.99 Å². The summed E-state index contributed by atoms with van der Waals surface area (Å²) in [6.45, 7) is 0. The summed E-state index contributed by atoms with van der Waals surface area (Å²) in [6.07, 6.45) is 1.66. The molecule has 0 unspecified atom stereocenters. The molecule has 0 aromatic heterocycles. The molecule has 101 valence electrons. The van der Waals surface area contributed by atoms with Gasteiger partial charge in [0.15, 0.2) is 0 Å². The fraction of sp³-hybridized carbons (Fsp3) is 0. The predicted octanol–water partition coefficient (Wildman–Crippen LogP) is 3.87. The van der Waals surface area contributed by atoms with Crippen LogP contribution in [0.3, 0.4) is 0 Å². The molecule has 2 aromatic rings. The van der Waals surface area contributed by atoms with Gasteiger partial charge >= 0.3 is 21.0 Å². The van der Waals surface area contributed by atoms with Crippen LogP contribution in [0.4, 0.5) is 5.69 Å². The molecule has 0 aliphatic rings. The van der Waals surface area contributed by atoms with E-state index in [2.05, 4.69) is 4.99 Å². The molecule has 1 N–H and O–H groups in total. The van der Waals surface area contributed by atoms with Crippen molar-refractivity contribution in [3.63, 3.8) is 0 Å². The van der Waals surface area contributed by atoms with E-state index in [0.717, 1.165) is 28.6 Å². The number of aromatic hydroxyl groups is 1. The normalized spacial score (nSPS) is 8.58. The summed E-state index contributed by atoms with van der Waals surface area (Å²) in [5, 5.41) is 9.50. The molecule has 0 fully saturated rings. The first kappa shape index (κ1) is 20.2. The Balaban J connectivity index is 0. The van der Waals surface area contributed by atoms with E-state index in [4.69, 9.17) is 3.67 Å². The van der Waals surface area contributed by atoms with E-state index in [1.54, 1.807) is 18.3 Å². The Bertz CT molecular complexity index is 495. The second-order valence-corrected chi connectivity index (χ2v) is 3.15. The summed E-state index contributed by atoms with van der Waals surface area (Å²) in [7, 11) is 0. The van der Waals surface area contributed by atoms with Crippen LogP contribution in [-0.2, 0) is 21.0 Å². The van der Waals surface area contributed by atoms with Crippen molar-refractivity contribution in [2.45, 2.75) is 0 Å². The Morgan fingerprint density at radius 3 is 2.00 bits per heavy atom. The van der Waals surface area contributed by atoms with Gasteiger partial charge in [-0.05, 0) is 24.3 Å². The molecule has 0 radical (unpaired) electrons. The molecule has 19 heavy (non-hydrogen) atoms. The van der Waals surface area contributed by atoms with E-state index in [9.17, 15) is 5.11 Å². The third-order valence-corrected chi connectivity index (χ3v) is 2.05. The Kier molecular flexibility index (Phi) is 12.7. The number of hydrogen-bond acceptors (Lipinski definition) is 3. The Morgan fingerprint density at radius 2 is 1.42 bits per heavy atom. The molecular weight excluding hydrogens is 324 g/mol. The van der Waals surface area contributed by atoms with Crippen molar-refractivity contribution in [3.8, 4) is 5.75 Å². The van der Waals surface area contributed by atoms with E-state index >= 15 is 0 Å². The van der Waals surface area contributed by atoms with Crippen LogP contribution in [0, 0.1) is 0 Å². The number of nitrogens with zero attached hydrogens (tertiary/aromatic N) is 1. The molecule has 0 spiro atoms. The zero-order valence-electron chi connectivity index (χ0n) is 9.84. The van der Waals surface area contributed by atoms with Crippen LogP contribution in [0.5, 0.6) is 5.75 Å². The Morgan fingerprint density at radius 1 is 0.895 bits per heavy atom. The number of aliphatic imine (C=N–C) groups is 1. The summed E-state index contributed by atoms with van der Waals surface area (Å²) in [5.74, 6) is 0.247. The van der Waals surface area contributed by atoms with Crippen molar-refractivity contribution >= 4 is 36.7 Å². The van der Waals surface area contributed by atoms with Gasteiger partial charge in [-0.25, -0.2) is 0 Å². The molecule has 0 saturated heterocycles. The second kappa shape index (κ2) is 11.9. The Hall–Kier alpha value is -1.13. The monoisotopic (exact) mass is 336 g/mol. The van der Waals surface area contributed by atoms with E-state index in [1.807, 2.05) is 42.5 Å². The number of rotatable bonds is 2. The van der Waals surface area contributed by atoms with E-state index < -0.39 is 0 Å². The summed E-state index contributed by atoms with van der Waals surface area (Å²) in [4.78, 5) is 4.25. The molecular formula is C13H13Cl2NO2V. The number of phenols is 1. The Labute approximate surface area is 133 Å². The van der Waals surface area contributed by atoms with Crippen LogP contribution >= 0.6 is 24.8 Å². The number of halogens is 2. The van der Waals surface area contributed by atoms with Crippen LogP contribution in [0.1, 0.15) is 5.56 Å². The van der Waals surface area contributed by atoms with Crippen molar-refractivity contribution in [3.05, 3.63) is 60.2 Å². The third kappa shape index (κ3) is 7.14. The minimum absolute atomic E-state index is 0. The SMILES string of the molecule is Cl.Cl.Oc1ccccc1C=Nc1ccccc1.[O]=[V]. The summed E-state index contributed by atoms with van der Waals surface area (Å²) < 4.78 is 8.19. The fourth-order valence-electron chi connectivity index (χ4n) is 1.25. The molecule has 2 rings (SSSR count). The zero-order valence-corrected chi connectivity index (χ0v) is 12.9. The molecule has 0 heterocycles. The molecule has 0 saturated carbocycles. The first-order chi connectivity index (χ1) is 8.36. The van der Waals surface area contributed by atoms with E-state index in [-0.39, 0.29) is 30.6 Å². The van der Waals surface area contributed by atoms with E-state index in [0.29, 0.717) is 0 Å². The molecule has 2 aromatic carbocycles. The second-order valence-electron chi connectivity index (χ2n) is 3.15. The van der Waals surface area contributed by atoms with Crippen LogP contribution < -0.4 is 0 Å². The molecule has 6 heteroatoms. The molecule has 0 aliphatic heterocycles. The van der Waals surface area contributed by atoms with Gasteiger partial charge in [0.1, 0.15) is 5.75 Å². The molecule has 0 bridgehead atoms. The van der Waals surface area contributed by atoms with Gasteiger partial charge < -0.3 is 5.11 Å². The summed E-state index contributed by atoms with van der Waals surface area (Å²) in [6, 6.07) is 16.7. The van der Waals surface area contributed by atoms with Gasteiger partial charge in [0.2, 0.25) is 0 Å². The first-order valence-corrected chi connectivity index (χ1v) is 5.48. The number of para-hydroxylation sites is 2. The predicted molar refractivity (Wildman–Crippen MR) is 77.0 cm³/mol. The standard InChI is InChI=1S/C13H11NO.2ClH.O.V/c15-13-9-5-4-6-11(13)10-14-12-7-2-1-3-8-12;;;;/h1-10,15H;2*1H;;. The molecule has 3 nitrogen and oxygen atoms in total. The van der Waals surface area contributed by atoms with Gasteiger partial charge in [-0.1, -0.05) is 30.3 Å². The maximum atomic E-state index is 9.50. The minimum atomic E-state index is 0. The molecule has 0 aliphatic carbocycles. The van der Waals surface area contributed by atoms with Gasteiger partial charge in [0.25, 0.3) is 0 Å². The summed E-state index contributed by atoms with van der Waals surface area (Å²) in [5.41, 5.74) is 1.60. The van der Waals surface area contributed by atoms with Gasteiger partial charge in [-0.15, -0.1) is 24.8 Å². The number of phenolic OH excluding ortho intramolecular Hbond substituents is 1. The van der Waals surface area contributed by atoms with E-state index in [1.165, 1.54) is 0 Å². The first-order valence-electron chi connectivity index (χ1n) is 4.91. The summed E-state index contributed by atoms with van der Waals surface area (Å²) >= 11 is 1.06. The maximum absolute atomic E-state index is 9.50. The molecule has 0 amide bonds. The van der Waals surface area contributed by atoms with Gasteiger partial charge in [0.05, 0.1) is 5.69 Å². The fourth-order valence-corrected chi connectivity index (χ4v) is 1.25. The van der Waals surface area contributed by atoms with Crippen LogP contribution in [-0.4, -0.2) is 11.3 Å². The van der Waals surface area contributed by atoms with Crippen molar-refractivity contribution < 1.29 is 26.1 Å².